The maximum atomic E-state index is 13.7. The Morgan fingerprint density at radius 1 is 1.07 bits per heavy atom. The lowest BCUT2D eigenvalue weighted by Gasteiger charge is -2.15. The third-order valence-corrected chi connectivity index (χ3v) is 6.43. The first-order valence-electron chi connectivity index (χ1n) is 12.1. The summed E-state index contributed by atoms with van der Waals surface area (Å²) in [6.07, 6.45) is -2.36. The van der Waals surface area contributed by atoms with Crippen molar-refractivity contribution in [1.29, 1.82) is 0 Å². The van der Waals surface area contributed by atoms with Crippen molar-refractivity contribution in [2.45, 2.75) is 38.7 Å². The third kappa shape index (κ3) is 5.63. The Balaban J connectivity index is 1.33. The van der Waals surface area contributed by atoms with E-state index in [0.29, 0.717) is 18.4 Å². The van der Waals surface area contributed by atoms with Gasteiger partial charge in [-0.15, -0.1) is 13.2 Å². The Bertz CT molecular complexity index is 1650. The van der Waals surface area contributed by atoms with Gasteiger partial charge in [-0.1, -0.05) is 18.2 Å². The number of ketones is 1. The van der Waals surface area contributed by atoms with Gasteiger partial charge in [0.05, 0.1) is 12.2 Å². The molecule has 1 aliphatic carbocycles. The van der Waals surface area contributed by atoms with Gasteiger partial charge in [0.2, 0.25) is 0 Å². The van der Waals surface area contributed by atoms with Gasteiger partial charge in [-0.05, 0) is 54.7 Å². The Hall–Kier alpha value is -4.81. The number of hydrogen-bond acceptors (Lipinski definition) is 6. The highest BCUT2D eigenvalue weighted by Gasteiger charge is 2.32. The lowest BCUT2D eigenvalue weighted by molar-refractivity contribution is -0.275. The maximum absolute atomic E-state index is 13.7. The topological polar surface area (TPSA) is 115 Å². The molecule has 0 saturated heterocycles. The zero-order valence-corrected chi connectivity index (χ0v) is 20.9. The van der Waals surface area contributed by atoms with E-state index in [1.165, 1.54) is 35.8 Å². The van der Waals surface area contributed by atoms with Gasteiger partial charge < -0.3 is 15.4 Å². The van der Waals surface area contributed by atoms with Crippen LogP contribution in [0.25, 0.3) is 5.65 Å². The average Bonchev–Trinajstić information content (AvgIpc) is 3.54. The predicted octanol–water partition coefficient (Wildman–Crippen LogP) is 4.32. The van der Waals surface area contributed by atoms with Gasteiger partial charge >= 0.3 is 6.36 Å². The highest BCUT2D eigenvalue weighted by atomic mass is 19.4. The summed E-state index contributed by atoms with van der Waals surface area (Å²) in [4.78, 5) is 42.1. The maximum Gasteiger partial charge on any atom is 0.573 e. The number of nitrogens with zero attached hydrogens (tertiary/aromatic N) is 3. The first-order valence-corrected chi connectivity index (χ1v) is 12.1. The minimum absolute atomic E-state index is 0.0385. The van der Waals surface area contributed by atoms with E-state index >= 15 is 0 Å². The van der Waals surface area contributed by atoms with Crippen LogP contribution in [-0.2, 0) is 13.0 Å². The monoisotopic (exact) mass is 555 g/mol. The van der Waals surface area contributed by atoms with Gasteiger partial charge in [0.1, 0.15) is 11.4 Å². The molecule has 40 heavy (non-hydrogen) atoms. The fourth-order valence-electron chi connectivity index (χ4n) is 4.54. The van der Waals surface area contributed by atoms with Gasteiger partial charge in [-0.3, -0.25) is 14.4 Å². The molecular formula is C27H21F4N5O4. The number of aromatic nitrogens is 3. The third-order valence-electron chi connectivity index (χ3n) is 6.43. The van der Waals surface area contributed by atoms with Crippen LogP contribution in [-0.4, -0.2) is 38.6 Å². The molecule has 2 N–H and O–H groups in total. The quantitative estimate of drug-likeness (QED) is 0.259. The number of hydrogen-bond donors (Lipinski definition) is 2. The van der Waals surface area contributed by atoms with Crippen molar-refractivity contribution in [2.24, 2.45) is 0 Å². The second-order valence-corrected chi connectivity index (χ2v) is 9.16. The Labute approximate surface area is 224 Å². The van der Waals surface area contributed by atoms with E-state index in [-0.39, 0.29) is 41.0 Å². The zero-order valence-electron chi connectivity index (χ0n) is 20.9. The van der Waals surface area contributed by atoms with E-state index in [2.05, 4.69) is 25.5 Å². The first-order chi connectivity index (χ1) is 19.0. The van der Waals surface area contributed by atoms with Crippen LogP contribution < -0.4 is 15.4 Å². The molecule has 0 saturated carbocycles. The number of halogens is 4. The second-order valence-electron chi connectivity index (χ2n) is 9.16. The fraction of sp³-hybridized carbons (Fsp3) is 0.222. The summed E-state index contributed by atoms with van der Waals surface area (Å²) < 4.78 is 56.2. The standard InChI is InChI=1S/C27H21F4N5O4/c1-14(37)16-3-5-18-17(11-16)4-7-20(18)35-26(39)22-12-21(34-24-8-9-33-36(22)24)25(38)32-13-15-2-6-19(28)23(10-15)40-27(29,30)31/h2-3,5-6,8-12,20H,4,7,13H2,1H3,(H,32,38)(H,35,39)/t20-/m0/s1. The van der Waals surface area contributed by atoms with Crippen molar-refractivity contribution in [3.63, 3.8) is 0 Å². The van der Waals surface area contributed by atoms with Crippen molar-refractivity contribution in [3.05, 3.63) is 94.2 Å². The number of alkyl halides is 3. The normalized spacial score (nSPS) is 14.6. The van der Waals surface area contributed by atoms with Gasteiger partial charge in [0.25, 0.3) is 11.8 Å². The van der Waals surface area contributed by atoms with E-state index in [1.807, 2.05) is 12.1 Å². The Morgan fingerprint density at radius 3 is 2.62 bits per heavy atom. The Kier molecular flexibility index (Phi) is 6.96. The Morgan fingerprint density at radius 2 is 1.88 bits per heavy atom. The van der Waals surface area contributed by atoms with Crippen molar-refractivity contribution < 1.29 is 36.7 Å². The second kappa shape index (κ2) is 10.4. The van der Waals surface area contributed by atoms with Crippen LogP contribution in [0.2, 0.25) is 0 Å². The molecule has 1 aliphatic rings. The fourth-order valence-corrected chi connectivity index (χ4v) is 4.54. The van der Waals surface area contributed by atoms with Crippen molar-refractivity contribution >= 4 is 23.2 Å². The molecule has 5 rings (SSSR count). The van der Waals surface area contributed by atoms with Crippen molar-refractivity contribution in [2.75, 3.05) is 0 Å². The molecule has 0 bridgehead atoms. The summed E-state index contributed by atoms with van der Waals surface area (Å²) in [7, 11) is 0. The molecule has 9 nitrogen and oxygen atoms in total. The molecule has 2 amide bonds. The van der Waals surface area contributed by atoms with E-state index < -0.39 is 29.7 Å². The molecule has 2 heterocycles. The highest BCUT2D eigenvalue weighted by molar-refractivity contribution is 5.98. The SMILES string of the molecule is CC(=O)c1ccc2c(c1)CC[C@@H]2NC(=O)c1cc(C(=O)NCc2ccc(F)c(OC(F)(F)F)c2)nc2ccnn12. The number of amides is 2. The van der Waals surface area contributed by atoms with Crippen LogP contribution in [0.1, 0.15) is 67.4 Å². The summed E-state index contributed by atoms with van der Waals surface area (Å²) in [6.45, 7) is 1.23. The summed E-state index contributed by atoms with van der Waals surface area (Å²) in [5.74, 6) is -3.51. The van der Waals surface area contributed by atoms with Gasteiger partial charge in [-0.2, -0.15) is 5.10 Å². The number of rotatable bonds is 7. The number of aryl methyl sites for hydroxylation is 1. The highest BCUT2D eigenvalue weighted by Crippen LogP contribution is 2.32. The van der Waals surface area contributed by atoms with Crippen molar-refractivity contribution in [1.82, 2.24) is 25.2 Å². The summed E-state index contributed by atoms with van der Waals surface area (Å²) in [5.41, 5.74) is 2.74. The van der Waals surface area contributed by atoms with Crippen LogP contribution in [0, 0.1) is 5.82 Å². The summed E-state index contributed by atoms with van der Waals surface area (Å²) in [6, 6.07) is 10.6. The largest absolute Gasteiger partial charge is 0.573 e. The predicted molar refractivity (Wildman–Crippen MR) is 132 cm³/mol. The number of carbonyl (C=O) groups is 3. The number of benzene rings is 2. The van der Waals surface area contributed by atoms with Crippen LogP contribution >= 0.6 is 0 Å². The summed E-state index contributed by atoms with van der Waals surface area (Å²) in [5, 5.41) is 9.56. The van der Waals surface area contributed by atoms with Gasteiger partial charge in [0.15, 0.2) is 23.0 Å². The molecule has 0 unspecified atom stereocenters. The van der Waals surface area contributed by atoms with Gasteiger partial charge in [-0.25, -0.2) is 13.9 Å². The smallest absolute Gasteiger partial charge is 0.403 e. The molecular weight excluding hydrogens is 534 g/mol. The molecule has 206 valence electrons. The molecule has 0 aliphatic heterocycles. The minimum Gasteiger partial charge on any atom is -0.403 e. The minimum atomic E-state index is -5.08. The molecule has 1 atom stereocenters. The number of Topliss-reactive ketones (excluding diaryl/α,β-unsaturated/α-hetero) is 1. The first kappa shape index (κ1) is 26.8. The lowest BCUT2D eigenvalue weighted by atomic mass is 10.0. The zero-order chi connectivity index (χ0) is 28.6. The van der Waals surface area contributed by atoms with Crippen LogP contribution in [0.5, 0.6) is 5.75 Å². The number of ether oxygens (including phenoxy) is 1. The molecule has 0 radical (unpaired) electrons. The van der Waals surface area contributed by atoms with E-state index in [4.69, 9.17) is 0 Å². The van der Waals surface area contributed by atoms with Gasteiger partial charge in [0, 0.05) is 24.2 Å². The molecule has 2 aromatic heterocycles. The molecule has 2 aromatic carbocycles. The molecule has 0 fully saturated rings. The van der Waals surface area contributed by atoms with E-state index in [1.54, 1.807) is 6.07 Å². The van der Waals surface area contributed by atoms with Crippen molar-refractivity contribution in [3.8, 4) is 5.75 Å². The molecule has 4 aromatic rings. The average molecular weight is 555 g/mol. The van der Waals surface area contributed by atoms with E-state index in [9.17, 15) is 31.9 Å². The van der Waals surface area contributed by atoms with E-state index in [0.717, 1.165) is 23.3 Å². The van der Waals surface area contributed by atoms with Crippen LogP contribution in [0.4, 0.5) is 17.6 Å². The summed E-state index contributed by atoms with van der Waals surface area (Å²) >= 11 is 0. The van der Waals surface area contributed by atoms with Crippen LogP contribution in [0.3, 0.4) is 0 Å². The molecule has 13 heteroatoms. The number of nitrogens with one attached hydrogen (secondary N) is 2. The number of carbonyl (C=O) groups excluding carboxylic acids is 3. The number of fused-ring (bicyclic) bond motifs is 2. The molecule has 0 spiro atoms. The lowest BCUT2D eigenvalue weighted by Crippen LogP contribution is -2.30. The van der Waals surface area contributed by atoms with Crippen LogP contribution in [0.15, 0.2) is 54.7 Å².